The van der Waals surface area contributed by atoms with Crippen molar-refractivity contribution in [1.82, 2.24) is 62.9 Å². The number of aliphatic hydroxyl groups is 3. The number of hydrogen-bond acceptors (Lipinski definition) is 16. The Morgan fingerprint density at radius 2 is 1.35 bits per heavy atom. The number of aromatic nitrogens is 3. The van der Waals surface area contributed by atoms with Crippen molar-refractivity contribution in [3.63, 3.8) is 0 Å². The van der Waals surface area contributed by atoms with Crippen LogP contribution in [0.4, 0.5) is 0 Å². The topological polar surface area (TPSA) is 431 Å². The van der Waals surface area contributed by atoms with E-state index in [-0.39, 0.29) is 97.0 Å². The zero-order chi connectivity index (χ0) is 71.4. The number of fused-ring (bicyclic) bond motifs is 6. The van der Waals surface area contributed by atoms with Crippen LogP contribution in [-0.4, -0.2) is 170 Å². The van der Waals surface area contributed by atoms with E-state index in [2.05, 4.69) is 88.8 Å². The molecular formula is C72H107N15O12. The number of primary amides is 1. The number of amides is 9. The quantitative estimate of drug-likeness (QED) is 0.0175. The lowest BCUT2D eigenvalue weighted by atomic mass is 9.43. The Kier molecular flexibility index (Phi) is 28.0. The van der Waals surface area contributed by atoms with Gasteiger partial charge >= 0.3 is 0 Å². The predicted molar refractivity (Wildman–Crippen MR) is 373 cm³/mol. The molecule has 0 bridgehead atoms. The number of rotatable bonds is 37. The van der Waals surface area contributed by atoms with Crippen molar-refractivity contribution in [2.24, 2.45) is 62.9 Å². The maximum Gasteiger partial charge on any atom is 0.264 e. The molecule has 0 saturated heterocycles. The Morgan fingerprint density at radius 1 is 0.687 bits per heavy atom. The number of benzene rings is 2. The summed E-state index contributed by atoms with van der Waals surface area (Å²) in [5, 5.41) is 60.8. The number of aliphatic hydroxyl groups excluding tert-OH is 3. The molecule has 27 heteroatoms. The van der Waals surface area contributed by atoms with E-state index < -0.39 is 102 Å². The van der Waals surface area contributed by atoms with Crippen LogP contribution in [0.5, 0.6) is 0 Å². The molecule has 4 saturated carbocycles. The zero-order valence-electron chi connectivity index (χ0n) is 58.0. The van der Waals surface area contributed by atoms with E-state index in [1.165, 1.54) is 19.4 Å². The molecule has 542 valence electrons. The number of nitrogens with two attached hydrogens (primary N) is 2. The average Bonchev–Trinajstić information content (AvgIpc) is 1.68. The first kappa shape index (κ1) is 76.5. The van der Waals surface area contributed by atoms with Gasteiger partial charge in [-0.05, 0) is 160 Å². The number of aromatic amines is 2. The fourth-order valence-corrected chi connectivity index (χ4v) is 16.4. The first-order valence-corrected chi connectivity index (χ1v) is 35.6. The molecule has 17 atom stereocenters. The Bertz CT molecular complexity index is 3390. The van der Waals surface area contributed by atoms with Crippen LogP contribution in [0.15, 0.2) is 78.4 Å². The van der Waals surface area contributed by atoms with Gasteiger partial charge in [-0.25, -0.2) is 4.98 Å². The monoisotopic (exact) mass is 1370 g/mol. The molecule has 0 radical (unpaired) electrons. The molecule has 4 aromatic rings. The first-order valence-electron chi connectivity index (χ1n) is 35.6. The number of hydrazone groups is 1. The minimum atomic E-state index is -1.35. The Hall–Kier alpha value is -8.27. The van der Waals surface area contributed by atoms with Crippen LogP contribution in [0.3, 0.4) is 0 Å². The van der Waals surface area contributed by atoms with Crippen LogP contribution >= 0.6 is 0 Å². The SMILES string of the molecule is CCCC[C@H](NC(=O)CN/N=C/C(=O)NCCCNC(=O)CC[C@@H](C)[C@H]1CC[C@H]2[C@@H]3[C@H](O)C[C@@H]4C[C@H](O)CC[C@]4(C)[C@H]3C[C@H](O)[C@]12C)C(=O)N[C@@H](C)C(=O)N[C@@H](Cc1cnc[nH]1)C(=O)N[C@H](Cc1ccccc1)C(=O)N[C@@H](CCCCN)C(=O)N[C@@H](Cc1c[nH]c2ccccc12)C(N)=O. The van der Waals surface area contributed by atoms with Crippen LogP contribution in [0.1, 0.15) is 154 Å². The van der Waals surface area contributed by atoms with Crippen molar-refractivity contribution >= 4 is 70.3 Å². The third-order valence-corrected chi connectivity index (χ3v) is 22.0. The largest absolute Gasteiger partial charge is 0.393 e. The summed E-state index contributed by atoms with van der Waals surface area (Å²) < 4.78 is 0. The van der Waals surface area contributed by atoms with Crippen molar-refractivity contribution in [1.29, 1.82) is 0 Å². The molecule has 8 rings (SSSR count). The fourth-order valence-electron chi connectivity index (χ4n) is 16.4. The van der Waals surface area contributed by atoms with E-state index in [0.717, 1.165) is 54.8 Å². The molecule has 27 nitrogen and oxygen atoms in total. The van der Waals surface area contributed by atoms with Crippen molar-refractivity contribution in [2.45, 2.75) is 211 Å². The van der Waals surface area contributed by atoms with Crippen LogP contribution < -0.4 is 59.4 Å². The van der Waals surface area contributed by atoms with Gasteiger partial charge in [0.1, 0.15) is 49.0 Å². The van der Waals surface area contributed by atoms with Crippen LogP contribution in [0.25, 0.3) is 10.9 Å². The van der Waals surface area contributed by atoms with Gasteiger partial charge in [-0.3, -0.25) is 43.2 Å². The minimum absolute atomic E-state index is 0.000468. The Morgan fingerprint density at radius 3 is 2.08 bits per heavy atom. The lowest BCUT2D eigenvalue weighted by molar-refractivity contribution is -0.207. The summed E-state index contributed by atoms with van der Waals surface area (Å²) in [5.41, 5.74) is 16.5. The number of nitrogens with zero attached hydrogens (tertiary/aromatic N) is 2. The molecule has 4 aliphatic carbocycles. The highest BCUT2D eigenvalue weighted by atomic mass is 16.3. The van der Waals surface area contributed by atoms with Gasteiger partial charge in [-0.15, -0.1) is 0 Å². The average molecular weight is 1370 g/mol. The summed E-state index contributed by atoms with van der Waals surface area (Å²) in [4.78, 5) is 133. The zero-order valence-corrected chi connectivity index (χ0v) is 58.0. The molecule has 4 aliphatic rings. The van der Waals surface area contributed by atoms with Gasteiger partial charge in [0.05, 0.1) is 24.6 Å². The Labute approximate surface area is 579 Å². The standard InChI is InChI=1S/C72H107N15O12/c1-6-7-19-54(83-63(93)40-81-80-39-62(92)77-30-15-29-76-61(91)25-22-42(2)50-23-24-51-64-52(36-60(90)72(50,51)5)71(4)27-26-48(88)33-46(71)34-59(64)89)67(96)82-43(3)66(95)86-58(35-47-38-75-41-79-47)70(99)87-57(31-44-16-9-8-10-17-44)69(98)84-55(21-13-14-28-73)68(97)85-56(65(74)94)32-45-37-78-53-20-12-11-18-49(45)53/h8-12,16-18,20,37-39,41-43,46,48,50-52,54-60,64,78,81,88-90H,6-7,13-15,19,21-36,40,73H2,1-5H3,(H2,74,94)(H,75,79)(H,76,91)(H,77,92)(H,82,96)(H,83,93)(H,84,98)(H,85,97)(H,86,95)(H,87,99)/b80-39+/t42-,43+,46+,48-,50-,51+,52+,54+,55+,56+,57-,58+,59-,60+,64+,71+,72-/m1/s1. The summed E-state index contributed by atoms with van der Waals surface area (Å²) >= 11 is 0. The molecule has 2 aromatic carbocycles. The van der Waals surface area contributed by atoms with Gasteiger partial charge in [-0.2, -0.15) is 5.10 Å². The number of hydrogen-bond donors (Lipinski definition) is 16. The Balaban J connectivity index is 0.775. The summed E-state index contributed by atoms with van der Waals surface area (Å²) in [6.07, 6.45) is 13.8. The second-order valence-electron chi connectivity index (χ2n) is 28.6. The molecule has 9 amide bonds. The van der Waals surface area contributed by atoms with Gasteiger partial charge in [0.25, 0.3) is 5.91 Å². The van der Waals surface area contributed by atoms with E-state index in [1.807, 2.05) is 31.2 Å². The first-order chi connectivity index (χ1) is 47.4. The van der Waals surface area contributed by atoms with E-state index in [9.17, 15) is 58.5 Å². The highest BCUT2D eigenvalue weighted by Gasteiger charge is 2.66. The third-order valence-electron chi connectivity index (χ3n) is 22.0. The lowest BCUT2D eigenvalue weighted by Crippen LogP contribution is -2.62. The van der Waals surface area contributed by atoms with Crippen molar-refractivity contribution in [2.75, 3.05) is 26.2 Å². The molecular weight excluding hydrogens is 1270 g/mol. The number of nitrogens with one attached hydrogen (secondary N) is 11. The highest BCUT2D eigenvalue weighted by Crippen LogP contribution is 2.68. The fraction of sp³-hybridized carbons (Fsp3) is 0.625. The summed E-state index contributed by atoms with van der Waals surface area (Å²) in [6, 6.07) is 9.00. The number of carbonyl (C=O) groups is 9. The predicted octanol–water partition coefficient (Wildman–Crippen LogP) is 2.23. The maximum absolute atomic E-state index is 14.5. The molecule has 0 aliphatic heterocycles. The smallest absolute Gasteiger partial charge is 0.264 e. The van der Waals surface area contributed by atoms with Gasteiger partial charge in [-0.1, -0.05) is 89.1 Å². The van der Waals surface area contributed by atoms with Gasteiger partial charge in [0, 0.05) is 67.8 Å². The molecule has 18 N–H and O–H groups in total. The highest BCUT2D eigenvalue weighted by molar-refractivity contribution is 6.26. The summed E-state index contributed by atoms with van der Waals surface area (Å²) in [5.74, 6) is -4.50. The van der Waals surface area contributed by atoms with Crippen LogP contribution in [0, 0.1) is 46.3 Å². The molecule has 0 unspecified atom stereocenters. The van der Waals surface area contributed by atoms with Gasteiger partial charge < -0.3 is 84.7 Å². The van der Waals surface area contributed by atoms with E-state index in [4.69, 9.17) is 11.5 Å². The number of carbonyl (C=O) groups excluding carboxylic acids is 9. The lowest BCUT2D eigenvalue weighted by Gasteiger charge is -2.63. The van der Waals surface area contributed by atoms with E-state index >= 15 is 0 Å². The van der Waals surface area contributed by atoms with Gasteiger partial charge in [0.2, 0.25) is 47.3 Å². The van der Waals surface area contributed by atoms with Crippen LogP contribution in [0.2, 0.25) is 0 Å². The molecule has 2 heterocycles. The van der Waals surface area contributed by atoms with E-state index in [0.29, 0.717) is 82.1 Å². The number of unbranched alkanes of at least 4 members (excludes halogenated alkanes) is 2. The summed E-state index contributed by atoms with van der Waals surface area (Å²) in [7, 11) is 0. The summed E-state index contributed by atoms with van der Waals surface area (Å²) in [6.45, 7) is 10.5. The van der Waals surface area contributed by atoms with Crippen molar-refractivity contribution in [3.05, 3.63) is 90.1 Å². The maximum atomic E-state index is 14.5. The third kappa shape index (κ3) is 20.2. The van der Waals surface area contributed by atoms with Gasteiger partial charge in [0.15, 0.2) is 0 Å². The normalized spacial score (nSPS) is 25.3. The van der Waals surface area contributed by atoms with Crippen molar-refractivity contribution < 1.29 is 58.5 Å². The number of para-hydroxylation sites is 1. The molecule has 99 heavy (non-hydrogen) atoms. The minimum Gasteiger partial charge on any atom is -0.393 e. The van der Waals surface area contributed by atoms with E-state index in [1.54, 1.807) is 36.5 Å². The molecule has 2 aromatic heterocycles. The second-order valence-corrected chi connectivity index (χ2v) is 28.6. The molecule has 0 spiro atoms. The number of imidazole rings is 1. The second kappa shape index (κ2) is 36.2. The van der Waals surface area contributed by atoms with Crippen molar-refractivity contribution in [3.8, 4) is 0 Å². The van der Waals surface area contributed by atoms with Crippen LogP contribution in [-0.2, 0) is 62.4 Å². The number of H-pyrrole nitrogens is 2. The molecule has 4 fully saturated rings.